The van der Waals surface area contributed by atoms with Crippen molar-refractivity contribution in [1.29, 1.82) is 0 Å². The fourth-order valence-corrected chi connectivity index (χ4v) is 3.03. The molecular formula is C15H23N3O3. The highest BCUT2D eigenvalue weighted by Crippen LogP contribution is 2.19. The van der Waals surface area contributed by atoms with Crippen molar-refractivity contribution < 1.29 is 14.6 Å². The predicted octanol–water partition coefficient (Wildman–Crippen LogP) is 0.545. The third-order valence-electron chi connectivity index (χ3n) is 3.95. The molecule has 0 spiro atoms. The Hall–Kier alpha value is -1.50. The minimum Gasteiger partial charge on any atom is -0.483 e. The summed E-state index contributed by atoms with van der Waals surface area (Å²) in [5.74, 6) is 0.638. The minimum atomic E-state index is -0.250. The molecule has 21 heavy (non-hydrogen) atoms. The van der Waals surface area contributed by atoms with E-state index in [2.05, 4.69) is 27.9 Å². The van der Waals surface area contributed by atoms with Gasteiger partial charge in [0, 0.05) is 50.5 Å². The number of hydrogen-bond donors (Lipinski definition) is 1. The highest BCUT2D eigenvalue weighted by Gasteiger charge is 2.31. The van der Waals surface area contributed by atoms with Crippen LogP contribution in [0.2, 0.25) is 0 Å². The molecule has 6 nitrogen and oxygen atoms in total. The van der Waals surface area contributed by atoms with Gasteiger partial charge in [0.05, 0.1) is 13.2 Å². The van der Waals surface area contributed by atoms with Gasteiger partial charge in [-0.2, -0.15) is 0 Å². The van der Waals surface area contributed by atoms with Gasteiger partial charge in [-0.15, -0.1) is 0 Å². The van der Waals surface area contributed by atoms with Crippen LogP contribution in [0.15, 0.2) is 24.5 Å². The summed E-state index contributed by atoms with van der Waals surface area (Å²) in [6.07, 6.45) is 3.81. The number of rotatable bonds is 2. The van der Waals surface area contributed by atoms with E-state index in [9.17, 15) is 0 Å². The molecule has 0 amide bonds. The Bertz CT molecular complexity index is 429. The summed E-state index contributed by atoms with van der Waals surface area (Å²) in [5, 5.41) is 6.89. The molecule has 2 atom stereocenters. The molecule has 2 aliphatic rings. The van der Waals surface area contributed by atoms with Crippen molar-refractivity contribution in [3.8, 4) is 0 Å². The average molecular weight is 293 g/mol. The molecule has 1 N–H and O–H groups in total. The Morgan fingerprint density at radius 3 is 2.95 bits per heavy atom. The van der Waals surface area contributed by atoms with Gasteiger partial charge in [0.25, 0.3) is 6.47 Å². The summed E-state index contributed by atoms with van der Waals surface area (Å²) >= 11 is 0. The van der Waals surface area contributed by atoms with E-state index in [1.54, 1.807) is 0 Å². The number of fused-ring (bicyclic) bond motifs is 3. The number of hydrogen-bond acceptors (Lipinski definition) is 5. The third-order valence-corrected chi connectivity index (χ3v) is 3.95. The normalized spacial score (nSPS) is 26.3. The average Bonchev–Trinajstić information content (AvgIpc) is 2.70. The number of aromatic nitrogens is 1. The topological polar surface area (TPSA) is 65.9 Å². The Labute approximate surface area is 125 Å². The van der Waals surface area contributed by atoms with Crippen molar-refractivity contribution in [3.05, 3.63) is 30.1 Å². The van der Waals surface area contributed by atoms with Crippen molar-refractivity contribution in [2.45, 2.75) is 12.6 Å². The van der Waals surface area contributed by atoms with E-state index in [0.717, 1.165) is 39.4 Å². The number of pyridine rings is 1. The molecule has 3 heterocycles. The Kier molecular flexibility index (Phi) is 6.10. The first-order valence-corrected chi connectivity index (χ1v) is 7.20. The zero-order valence-corrected chi connectivity index (χ0v) is 12.4. The lowest BCUT2D eigenvalue weighted by Gasteiger charge is -2.29. The van der Waals surface area contributed by atoms with Crippen LogP contribution in [-0.2, 0) is 16.1 Å². The number of ether oxygens (including phenoxy) is 1. The molecule has 2 aliphatic heterocycles. The first kappa shape index (κ1) is 15.9. The standard InChI is InChI=1S/C14H21N3O.CH2O2/c1-16-6-13-8-17(9-14(16)11-18-10-13)7-12-3-2-4-15-5-12;2-1-3/h2-5,13-14H,6-11H2,1H3;1H,(H,2,3)/t13-,14+;/m1./s1. The Balaban J connectivity index is 0.000000497. The van der Waals surface area contributed by atoms with Crippen LogP contribution < -0.4 is 0 Å². The molecule has 0 aliphatic carbocycles. The fourth-order valence-electron chi connectivity index (χ4n) is 3.03. The van der Waals surface area contributed by atoms with Crippen LogP contribution in [0.4, 0.5) is 0 Å². The first-order valence-electron chi connectivity index (χ1n) is 7.20. The number of carboxylic acid groups (broad SMARTS) is 1. The maximum Gasteiger partial charge on any atom is 0.290 e. The van der Waals surface area contributed by atoms with Crippen molar-refractivity contribution >= 4 is 6.47 Å². The summed E-state index contributed by atoms with van der Waals surface area (Å²) in [4.78, 5) is 17.6. The van der Waals surface area contributed by atoms with E-state index in [-0.39, 0.29) is 6.47 Å². The van der Waals surface area contributed by atoms with Gasteiger partial charge in [-0.3, -0.25) is 19.6 Å². The third kappa shape index (κ3) is 4.77. The summed E-state index contributed by atoms with van der Waals surface area (Å²) < 4.78 is 5.75. The smallest absolute Gasteiger partial charge is 0.290 e. The highest BCUT2D eigenvalue weighted by atomic mass is 16.5. The van der Waals surface area contributed by atoms with Crippen LogP contribution >= 0.6 is 0 Å². The van der Waals surface area contributed by atoms with Gasteiger partial charge in [0.1, 0.15) is 0 Å². The van der Waals surface area contributed by atoms with Crippen molar-refractivity contribution in [2.24, 2.45) is 5.92 Å². The van der Waals surface area contributed by atoms with E-state index in [0.29, 0.717) is 12.0 Å². The quantitative estimate of drug-likeness (QED) is 0.803. The van der Waals surface area contributed by atoms with Gasteiger partial charge in [0.15, 0.2) is 0 Å². The zero-order valence-electron chi connectivity index (χ0n) is 12.4. The lowest BCUT2D eigenvalue weighted by atomic mass is 10.1. The predicted molar refractivity (Wildman–Crippen MR) is 78.9 cm³/mol. The van der Waals surface area contributed by atoms with Crippen LogP contribution in [0.1, 0.15) is 5.56 Å². The molecular weight excluding hydrogens is 270 g/mol. The van der Waals surface area contributed by atoms with Crippen LogP contribution in [0, 0.1) is 5.92 Å². The monoisotopic (exact) mass is 293 g/mol. The van der Waals surface area contributed by atoms with Crippen molar-refractivity contribution in [1.82, 2.24) is 14.8 Å². The van der Waals surface area contributed by atoms with Crippen LogP contribution in [0.25, 0.3) is 0 Å². The molecule has 0 aromatic carbocycles. The summed E-state index contributed by atoms with van der Waals surface area (Å²) in [6.45, 7) is 5.93. The molecule has 1 aromatic rings. The molecule has 0 radical (unpaired) electrons. The van der Waals surface area contributed by atoms with Gasteiger partial charge < -0.3 is 9.84 Å². The Morgan fingerprint density at radius 2 is 2.24 bits per heavy atom. The highest BCUT2D eigenvalue weighted by molar-refractivity contribution is 5.32. The van der Waals surface area contributed by atoms with E-state index in [1.165, 1.54) is 5.56 Å². The van der Waals surface area contributed by atoms with Crippen LogP contribution in [-0.4, -0.2) is 72.3 Å². The molecule has 116 valence electrons. The molecule has 2 bridgehead atoms. The minimum absolute atomic E-state index is 0.250. The molecule has 3 rings (SSSR count). The van der Waals surface area contributed by atoms with Gasteiger partial charge in [-0.25, -0.2) is 0 Å². The maximum atomic E-state index is 8.36. The summed E-state index contributed by atoms with van der Waals surface area (Å²) in [7, 11) is 2.22. The Morgan fingerprint density at radius 1 is 1.43 bits per heavy atom. The second-order valence-electron chi connectivity index (χ2n) is 5.66. The van der Waals surface area contributed by atoms with Crippen LogP contribution in [0.5, 0.6) is 0 Å². The maximum absolute atomic E-state index is 8.36. The van der Waals surface area contributed by atoms with Crippen LogP contribution in [0.3, 0.4) is 0 Å². The lowest BCUT2D eigenvalue weighted by molar-refractivity contribution is -0.122. The van der Waals surface area contributed by atoms with E-state index < -0.39 is 0 Å². The SMILES string of the molecule is CN1C[C@H]2COC[C@@H]1CN(Cc1cccnc1)C2.O=CO. The molecule has 1 aromatic heterocycles. The number of carbonyl (C=O) groups is 1. The first-order chi connectivity index (χ1) is 10.2. The van der Waals surface area contributed by atoms with Crippen molar-refractivity contribution in [3.63, 3.8) is 0 Å². The summed E-state index contributed by atoms with van der Waals surface area (Å²) in [6, 6.07) is 4.71. The van der Waals surface area contributed by atoms with E-state index >= 15 is 0 Å². The lowest BCUT2D eigenvalue weighted by Crippen LogP contribution is -2.41. The molecule has 2 saturated heterocycles. The van der Waals surface area contributed by atoms with Gasteiger partial charge in [-0.1, -0.05) is 6.07 Å². The largest absolute Gasteiger partial charge is 0.483 e. The van der Waals surface area contributed by atoms with E-state index in [4.69, 9.17) is 14.6 Å². The molecule has 0 saturated carbocycles. The fraction of sp³-hybridized carbons (Fsp3) is 0.600. The van der Waals surface area contributed by atoms with Gasteiger partial charge in [0.2, 0.25) is 0 Å². The van der Waals surface area contributed by atoms with Crippen molar-refractivity contribution in [2.75, 3.05) is 39.9 Å². The van der Waals surface area contributed by atoms with Gasteiger partial charge >= 0.3 is 0 Å². The number of nitrogens with zero attached hydrogens (tertiary/aromatic N) is 3. The second kappa shape index (κ2) is 8.07. The molecule has 6 heteroatoms. The molecule has 0 unspecified atom stereocenters. The number of likely N-dealkylation sites (N-methyl/N-ethyl adjacent to an activating group) is 1. The zero-order chi connectivity index (χ0) is 15.1. The summed E-state index contributed by atoms with van der Waals surface area (Å²) in [5.41, 5.74) is 1.31. The molecule has 2 fully saturated rings. The second-order valence-corrected chi connectivity index (χ2v) is 5.66. The van der Waals surface area contributed by atoms with E-state index in [1.807, 2.05) is 18.5 Å². The van der Waals surface area contributed by atoms with Gasteiger partial charge in [-0.05, 0) is 18.7 Å².